The molecule has 4 heterocycles. The number of imidazole rings is 2. The van der Waals surface area contributed by atoms with Crippen molar-refractivity contribution in [1.82, 2.24) is 35.5 Å². The number of likely N-dealkylation sites (tertiary alicyclic amines) is 1. The molecule has 0 radical (unpaired) electrons. The van der Waals surface area contributed by atoms with Crippen molar-refractivity contribution in [3.8, 4) is 11.3 Å². The molecule has 1 saturated heterocycles. The fourth-order valence-electron chi connectivity index (χ4n) is 12.3. The van der Waals surface area contributed by atoms with Crippen LogP contribution in [0.25, 0.3) is 22.9 Å². The van der Waals surface area contributed by atoms with Crippen molar-refractivity contribution in [2.75, 3.05) is 34.2 Å². The van der Waals surface area contributed by atoms with Crippen molar-refractivity contribution in [3.05, 3.63) is 154 Å². The van der Waals surface area contributed by atoms with Crippen molar-refractivity contribution >= 4 is 11.6 Å². The van der Waals surface area contributed by atoms with E-state index in [2.05, 4.69) is 133 Å². The van der Waals surface area contributed by atoms with Gasteiger partial charge < -0.3 is 34.4 Å². The first-order valence-electron chi connectivity index (χ1n) is 27.2. The highest BCUT2D eigenvalue weighted by Crippen LogP contribution is 2.46. The second kappa shape index (κ2) is 24.4. The molecule has 10 atom stereocenters. The highest BCUT2D eigenvalue weighted by atomic mass is 16.5. The van der Waals surface area contributed by atoms with E-state index in [0.29, 0.717) is 19.4 Å². The number of allylic oxidation sites excluding steroid dienone is 4. The largest absolute Gasteiger partial charge is 0.485 e. The normalized spacial score (nSPS) is 25.3. The predicted octanol–water partition coefficient (Wildman–Crippen LogP) is 11.7. The number of aliphatic hydroxyl groups excluding tert-OH is 2. The number of aryl methyl sites for hydroxylation is 1. The number of nitrogens with zero attached hydrogens (tertiary/aromatic N) is 3. The number of nitrogens with one attached hydrogen (secondary N) is 4. The number of methoxy groups -OCH3 is 2. The lowest BCUT2D eigenvalue weighted by Gasteiger charge is -2.36. The molecule has 12 nitrogen and oxygen atoms in total. The zero-order valence-electron chi connectivity index (χ0n) is 44.3. The predicted molar refractivity (Wildman–Crippen MR) is 291 cm³/mol. The lowest BCUT2D eigenvalue weighted by molar-refractivity contribution is -0.0520. The third-order valence-electron chi connectivity index (χ3n) is 16.5. The van der Waals surface area contributed by atoms with E-state index in [1.54, 1.807) is 14.2 Å². The standard InChI is InChI=1S/C61H81N7O5/c1-38(2)56(64-36-71-6)61(70)68-28-16-25-53(68)60-63-35-51(67-60)44-22-15-24-48-49(41(5)29-54(73-55(48)33-44)42-18-10-8-11-19-42)32-47-30-45(27-26-39(47)3)52-34-62-59(66-52)46-23-14-17-40(4)50(31-46)58(69)57(65-37-72-7)43-20-12-9-13-21-43/h8-13,18-21,26-27,30,32-35,38,40-41,46,50,53-54,56-58,61,64-65,69-70H,14-17,22-25,28-29,31,36-37H2,1-7H3,(H,62,66)(H,63,67)/b49-32+. The highest BCUT2D eigenvalue weighted by molar-refractivity contribution is 5.72. The van der Waals surface area contributed by atoms with E-state index in [0.717, 1.165) is 111 Å². The smallest absolute Gasteiger partial charge is 0.124 e. The Morgan fingerprint density at radius 1 is 0.822 bits per heavy atom. The van der Waals surface area contributed by atoms with Gasteiger partial charge in [0.15, 0.2) is 0 Å². The van der Waals surface area contributed by atoms with Gasteiger partial charge in [0.1, 0.15) is 29.7 Å². The van der Waals surface area contributed by atoms with Crippen LogP contribution in [0.4, 0.5) is 0 Å². The summed E-state index contributed by atoms with van der Waals surface area (Å²) in [5, 5.41) is 30.7. The number of H-pyrrole nitrogens is 2. The van der Waals surface area contributed by atoms with Gasteiger partial charge in [-0.2, -0.15) is 0 Å². The number of hydrogen-bond acceptors (Lipinski definition) is 10. The number of ether oxygens (including phenoxy) is 3. The summed E-state index contributed by atoms with van der Waals surface area (Å²) >= 11 is 0. The van der Waals surface area contributed by atoms with Crippen LogP contribution in [0.2, 0.25) is 0 Å². The van der Waals surface area contributed by atoms with E-state index in [9.17, 15) is 10.2 Å². The van der Waals surface area contributed by atoms with E-state index < -0.39 is 12.3 Å². The Balaban J connectivity index is 0.999. The van der Waals surface area contributed by atoms with Crippen LogP contribution in [0.3, 0.4) is 0 Å². The van der Waals surface area contributed by atoms with Gasteiger partial charge in [0.05, 0.1) is 61.5 Å². The molecule has 4 aliphatic rings. The van der Waals surface area contributed by atoms with Gasteiger partial charge in [-0.15, -0.1) is 0 Å². The zero-order chi connectivity index (χ0) is 51.0. The fourth-order valence-corrected chi connectivity index (χ4v) is 12.3. The summed E-state index contributed by atoms with van der Waals surface area (Å²) in [6, 6.07) is 27.3. The average molecular weight is 992 g/mol. The molecule has 10 unspecified atom stereocenters. The first-order chi connectivity index (χ1) is 35.5. The highest BCUT2D eigenvalue weighted by Gasteiger charge is 2.39. The Morgan fingerprint density at radius 2 is 1.55 bits per heavy atom. The number of benzene rings is 3. The summed E-state index contributed by atoms with van der Waals surface area (Å²) in [5.41, 5.74) is 11.6. The summed E-state index contributed by atoms with van der Waals surface area (Å²) < 4.78 is 18.0. The first-order valence-corrected chi connectivity index (χ1v) is 27.2. The number of aromatic nitrogens is 4. The minimum absolute atomic E-state index is 0.00996. The van der Waals surface area contributed by atoms with E-state index in [-0.39, 0.29) is 47.9 Å². The van der Waals surface area contributed by atoms with E-state index in [1.165, 1.54) is 33.4 Å². The van der Waals surface area contributed by atoms with Crippen LogP contribution in [0.5, 0.6) is 0 Å². The summed E-state index contributed by atoms with van der Waals surface area (Å²) in [5.74, 6) is 3.94. The van der Waals surface area contributed by atoms with Gasteiger partial charge in [-0.3, -0.25) is 15.5 Å². The van der Waals surface area contributed by atoms with Crippen LogP contribution in [0, 0.1) is 30.6 Å². The Hall–Kier alpha value is -5.18. The minimum Gasteiger partial charge on any atom is -0.485 e. The van der Waals surface area contributed by atoms with Gasteiger partial charge >= 0.3 is 0 Å². The second-order valence-electron chi connectivity index (χ2n) is 21.8. The van der Waals surface area contributed by atoms with Gasteiger partial charge in [0, 0.05) is 32.2 Å². The summed E-state index contributed by atoms with van der Waals surface area (Å²) in [6.45, 7) is 12.7. The average Bonchev–Trinajstić information content (AvgIpc) is 4.14. The number of hydrogen-bond donors (Lipinski definition) is 6. The lowest BCUT2D eigenvalue weighted by atomic mass is 9.78. The summed E-state index contributed by atoms with van der Waals surface area (Å²) in [6.07, 6.45) is 16.9. The van der Waals surface area contributed by atoms with E-state index in [4.69, 9.17) is 24.2 Å². The fraction of sp³-hybridized carbons (Fsp3) is 0.508. The van der Waals surface area contributed by atoms with Gasteiger partial charge in [-0.25, -0.2) is 9.97 Å². The van der Waals surface area contributed by atoms with Gasteiger partial charge in [0.2, 0.25) is 0 Å². The maximum absolute atomic E-state index is 12.1. The molecule has 73 heavy (non-hydrogen) atoms. The topological polar surface area (TPSA) is 153 Å². The Bertz CT molecular complexity index is 2660. The number of aromatic amines is 2. The second-order valence-corrected chi connectivity index (χ2v) is 21.8. The molecule has 0 amide bonds. The summed E-state index contributed by atoms with van der Waals surface area (Å²) in [7, 11) is 3.36. The van der Waals surface area contributed by atoms with E-state index >= 15 is 0 Å². The Kier molecular flexibility index (Phi) is 17.6. The lowest BCUT2D eigenvalue weighted by Crippen LogP contribution is -2.52. The monoisotopic (exact) mass is 992 g/mol. The molecule has 0 bridgehead atoms. The molecule has 1 saturated carbocycles. The Morgan fingerprint density at radius 3 is 2.32 bits per heavy atom. The van der Waals surface area contributed by atoms with Gasteiger partial charge in [-0.05, 0) is 133 Å². The number of rotatable bonds is 18. The third-order valence-corrected chi connectivity index (χ3v) is 16.5. The van der Waals surface area contributed by atoms with Crippen molar-refractivity contribution in [3.63, 3.8) is 0 Å². The molecule has 390 valence electrons. The maximum Gasteiger partial charge on any atom is 0.124 e. The quantitative estimate of drug-likeness (QED) is 0.0370. The van der Waals surface area contributed by atoms with Crippen LogP contribution < -0.4 is 10.6 Å². The molecule has 6 N–H and O–H groups in total. The molecule has 12 heteroatoms. The SMILES string of the molecule is COCNC(c1ccccc1)C(O)C1CC(c2ncc(-c3ccc(C)c(/C=C4/C5=C(C=C(c6cnc(C7CCCN7C(O)C(NCOC)C(C)C)[nH]6)CCC5)OC(c5ccccc5)CC4C)c3)[nH]2)CCCC1C. The van der Waals surface area contributed by atoms with Crippen LogP contribution in [-0.4, -0.2) is 87.6 Å². The molecule has 5 aromatic rings. The van der Waals surface area contributed by atoms with Gasteiger partial charge in [0.25, 0.3) is 0 Å². The zero-order valence-corrected chi connectivity index (χ0v) is 44.3. The van der Waals surface area contributed by atoms with Crippen molar-refractivity contribution in [2.24, 2.45) is 23.7 Å². The molecular formula is C61H81N7O5. The van der Waals surface area contributed by atoms with Crippen molar-refractivity contribution < 1.29 is 24.4 Å². The van der Waals surface area contributed by atoms with Crippen LogP contribution in [-0.2, 0) is 14.2 Å². The molecule has 2 aliphatic carbocycles. The maximum atomic E-state index is 12.1. The molecule has 2 fully saturated rings. The molecular weight excluding hydrogens is 911 g/mol. The van der Waals surface area contributed by atoms with Crippen LogP contribution >= 0.6 is 0 Å². The van der Waals surface area contributed by atoms with Crippen molar-refractivity contribution in [1.29, 1.82) is 0 Å². The summed E-state index contributed by atoms with van der Waals surface area (Å²) in [4.78, 5) is 19.8. The molecule has 3 aromatic carbocycles. The number of aliphatic hydroxyl groups is 2. The van der Waals surface area contributed by atoms with Crippen molar-refractivity contribution in [2.45, 2.75) is 141 Å². The molecule has 2 aliphatic heterocycles. The van der Waals surface area contributed by atoms with Crippen LogP contribution in [0.1, 0.15) is 156 Å². The van der Waals surface area contributed by atoms with Crippen LogP contribution in [0.15, 0.2) is 114 Å². The molecule has 0 spiro atoms. The first kappa shape index (κ1) is 52.7. The van der Waals surface area contributed by atoms with E-state index in [1.807, 2.05) is 30.6 Å². The molecule has 2 aromatic heterocycles. The molecule has 9 rings (SSSR count). The Labute approximate surface area is 434 Å². The third kappa shape index (κ3) is 12.2. The van der Waals surface area contributed by atoms with Gasteiger partial charge in [-0.1, -0.05) is 119 Å². The minimum atomic E-state index is -0.670.